The molecule has 1 saturated heterocycles. The van der Waals surface area contributed by atoms with Crippen molar-refractivity contribution in [2.45, 2.75) is 25.4 Å². The zero-order chi connectivity index (χ0) is 10.6. The van der Waals surface area contributed by atoms with Gasteiger partial charge in [-0.25, -0.2) is 0 Å². The molecule has 0 radical (unpaired) electrons. The molecule has 1 fully saturated rings. The highest BCUT2D eigenvalue weighted by molar-refractivity contribution is 6.69. The lowest BCUT2D eigenvalue weighted by molar-refractivity contribution is 0.245. The van der Waals surface area contributed by atoms with E-state index in [-0.39, 0.29) is 0 Å². The smallest absolute Gasteiger partial charge is 0.267 e. The van der Waals surface area contributed by atoms with Gasteiger partial charge in [-0.15, -0.1) is 0 Å². The largest absolute Gasteiger partial charge is 0.406 e. The van der Waals surface area contributed by atoms with Crippen LogP contribution in [0.4, 0.5) is 0 Å². The van der Waals surface area contributed by atoms with Crippen LogP contribution in [0, 0.1) is 0 Å². The summed E-state index contributed by atoms with van der Waals surface area (Å²) in [5, 5.41) is 0. The highest BCUT2D eigenvalue weighted by Gasteiger charge is 2.37. The van der Waals surface area contributed by atoms with E-state index in [1.165, 1.54) is 32.0 Å². The number of hydrogen-bond donors (Lipinski definition) is 0. The first-order chi connectivity index (χ1) is 6.58. The Balaban J connectivity index is 2.46. The van der Waals surface area contributed by atoms with Crippen LogP contribution in [0.1, 0.15) is 12.8 Å². The predicted octanol–water partition coefficient (Wildman–Crippen LogP) is 1.36. The van der Waals surface area contributed by atoms with Crippen molar-refractivity contribution in [2.24, 2.45) is 0 Å². The molecule has 84 valence electrons. The minimum absolute atomic E-state index is 1.14. The second-order valence-corrected chi connectivity index (χ2v) is 8.52. The molecule has 0 aromatic carbocycles. The SMILES string of the molecule is CO[Si]1(C)CCCCN1CCN(C)C. The quantitative estimate of drug-likeness (QED) is 0.660. The zero-order valence-corrected chi connectivity index (χ0v) is 11.0. The lowest BCUT2D eigenvalue weighted by atomic mass is 10.3. The van der Waals surface area contributed by atoms with Crippen molar-refractivity contribution in [3.63, 3.8) is 0 Å². The number of likely N-dealkylation sites (N-methyl/N-ethyl adjacent to an activating group) is 1. The molecule has 0 saturated carbocycles. The average Bonchev–Trinajstić information content (AvgIpc) is 2.16. The Hall–Kier alpha value is 0.0969. The fraction of sp³-hybridized carbons (Fsp3) is 1.00. The van der Waals surface area contributed by atoms with Crippen molar-refractivity contribution in [3.05, 3.63) is 0 Å². The van der Waals surface area contributed by atoms with E-state index in [1.54, 1.807) is 0 Å². The molecule has 4 heteroatoms. The highest BCUT2D eigenvalue weighted by Crippen LogP contribution is 2.24. The summed E-state index contributed by atoms with van der Waals surface area (Å²) in [6.45, 7) is 5.90. The molecule has 1 rings (SSSR count). The summed E-state index contributed by atoms with van der Waals surface area (Å²) >= 11 is 0. The summed E-state index contributed by atoms with van der Waals surface area (Å²) in [6.07, 6.45) is 2.70. The van der Waals surface area contributed by atoms with Gasteiger partial charge in [0, 0.05) is 20.2 Å². The van der Waals surface area contributed by atoms with Crippen molar-refractivity contribution in [3.8, 4) is 0 Å². The summed E-state index contributed by atoms with van der Waals surface area (Å²) in [5.74, 6) is 0. The van der Waals surface area contributed by atoms with Crippen molar-refractivity contribution in [1.29, 1.82) is 0 Å². The Morgan fingerprint density at radius 3 is 2.64 bits per heavy atom. The van der Waals surface area contributed by atoms with Crippen molar-refractivity contribution < 1.29 is 4.43 Å². The number of hydrogen-bond acceptors (Lipinski definition) is 3. The van der Waals surface area contributed by atoms with E-state index in [0.29, 0.717) is 0 Å². The predicted molar refractivity (Wildman–Crippen MR) is 62.8 cm³/mol. The van der Waals surface area contributed by atoms with Gasteiger partial charge in [-0.2, -0.15) is 0 Å². The van der Waals surface area contributed by atoms with Gasteiger partial charge in [0.05, 0.1) is 0 Å². The maximum atomic E-state index is 5.77. The van der Waals surface area contributed by atoms with Crippen LogP contribution in [-0.2, 0) is 4.43 Å². The Morgan fingerprint density at radius 1 is 1.36 bits per heavy atom. The van der Waals surface area contributed by atoms with Crippen LogP contribution in [0.25, 0.3) is 0 Å². The molecule has 0 bridgehead atoms. The summed E-state index contributed by atoms with van der Waals surface area (Å²) in [7, 11) is 4.66. The molecule has 3 nitrogen and oxygen atoms in total. The molecule has 1 aliphatic rings. The van der Waals surface area contributed by atoms with E-state index in [9.17, 15) is 0 Å². The average molecular weight is 216 g/mol. The summed E-state index contributed by atoms with van der Waals surface area (Å²) in [4.78, 5) is 2.25. The van der Waals surface area contributed by atoms with E-state index in [0.717, 1.165) is 6.54 Å². The topological polar surface area (TPSA) is 15.7 Å². The van der Waals surface area contributed by atoms with Crippen molar-refractivity contribution in [2.75, 3.05) is 40.8 Å². The van der Waals surface area contributed by atoms with E-state index in [2.05, 4.69) is 30.1 Å². The second kappa shape index (κ2) is 5.26. The van der Waals surface area contributed by atoms with Crippen molar-refractivity contribution >= 4 is 8.48 Å². The van der Waals surface area contributed by atoms with Crippen LogP contribution in [0.2, 0.25) is 12.6 Å². The van der Waals surface area contributed by atoms with E-state index < -0.39 is 8.48 Å². The first-order valence-electron chi connectivity index (χ1n) is 5.53. The van der Waals surface area contributed by atoms with Gasteiger partial charge in [-0.3, -0.25) is 0 Å². The Morgan fingerprint density at radius 2 is 2.07 bits per heavy atom. The summed E-state index contributed by atoms with van der Waals surface area (Å²) < 4.78 is 8.38. The molecule has 0 N–H and O–H groups in total. The maximum Gasteiger partial charge on any atom is 0.267 e. The molecule has 14 heavy (non-hydrogen) atoms. The molecule has 0 aliphatic carbocycles. The van der Waals surface area contributed by atoms with Crippen molar-refractivity contribution in [1.82, 2.24) is 9.47 Å². The second-order valence-electron chi connectivity index (χ2n) is 4.63. The van der Waals surface area contributed by atoms with Gasteiger partial charge in [-0.05, 0) is 39.7 Å². The number of rotatable bonds is 4. The summed E-state index contributed by atoms with van der Waals surface area (Å²) in [6, 6.07) is 1.30. The Kier molecular flexibility index (Phi) is 4.57. The van der Waals surface area contributed by atoms with Crippen LogP contribution in [-0.4, -0.2) is 58.8 Å². The van der Waals surface area contributed by atoms with Gasteiger partial charge in [0.2, 0.25) is 0 Å². The number of nitrogens with zero attached hydrogens (tertiary/aromatic N) is 2. The van der Waals surface area contributed by atoms with E-state index in [1.807, 2.05) is 7.11 Å². The molecule has 0 amide bonds. The fourth-order valence-corrected chi connectivity index (χ4v) is 4.94. The molecular weight excluding hydrogens is 192 g/mol. The standard InChI is InChI=1S/C10H24N2OSi/c1-11(2)8-9-12-7-5-6-10-14(12,4)13-3/h5-10H2,1-4H3. The third kappa shape index (κ3) is 3.05. The van der Waals surface area contributed by atoms with Crippen LogP contribution in [0.5, 0.6) is 0 Å². The maximum absolute atomic E-state index is 5.77. The molecule has 1 atom stereocenters. The van der Waals surface area contributed by atoms with Gasteiger partial charge in [0.25, 0.3) is 8.48 Å². The van der Waals surface area contributed by atoms with Crippen LogP contribution >= 0.6 is 0 Å². The molecule has 1 heterocycles. The molecule has 1 aliphatic heterocycles. The van der Waals surface area contributed by atoms with Crippen LogP contribution < -0.4 is 0 Å². The zero-order valence-electron chi connectivity index (χ0n) is 10.0. The summed E-state index contributed by atoms with van der Waals surface area (Å²) in [5.41, 5.74) is 0. The first-order valence-corrected chi connectivity index (χ1v) is 8.10. The third-order valence-electron chi connectivity index (χ3n) is 3.24. The third-order valence-corrected chi connectivity index (χ3v) is 7.19. The van der Waals surface area contributed by atoms with Crippen LogP contribution in [0.15, 0.2) is 0 Å². The highest BCUT2D eigenvalue weighted by atomic mass is 28.4. The lowest BCUT2D eigenvalue weighted by Crippen LogP contribution is -2.57. The Labute approximate surface area is 89.2 Å². The molecule has 1 unspecified atom stereocenters. The fourth-order valence-electron chi connectivity index (χ4n) is 2.05. The molecular formula is C10H24N2OSi. The van der Waals surface area contributed by atoms with Gasteiger partial charge < -0.3 is 13.9 Å². The normalized spacial score (nSPS) is 29.8. The van der Waals surface area contributed by atoms with Gasteiger partial charge in [-0.1, -0.05) is 6.42 Å². The Bertz CT molecular complexity index is 178. The van der Waals surface area contributed by atoms with Gasteiger partial charge in [0.15, 0.2) is 0 Å². The van der Waals surface area contributed by atoms with Gasteiger partial charge >= 0.3 is 0 Å². The molecule has 0 spiro atoms. The molecule has 0 aromatic rings. The first kappa shape index (κ1) is 12.2. The minimum Gasteiger partial charge on any atom is -0.406 e. The van der Waals surface area contributed by atoms with E-state index in [4.69, 9.17) is 4.43 Å². The van der Waals surface area contributed by atoms with Crippen LogP contribution in [0.3, 0.4) is 0 Å². The monoisotopic (exact) mass is 216 g/mol. The van der Waals surface area contributed by atoms with E-state index >= 15 is 0 Å². The lowest BCUT2D eigenvalue weighted by Gasteiger charge is -2.41. The molecule has 0 aromatic heterocycles. The minimum atomic E-state index is -1.50. The van der Waals surface area contributed by atoms with Gasteiger partial charge in [0.1, 0.15) is 0 Å².